The van der Waals surface area contributed by atoms with Crippen molar-refractivity contribution in [3.8, 4) is 11.5 Å². The maximum absolute atomic E-state index is 13.0. The summed E-state index contributed by atoms with van der Waals surface area (Å²) in [7, 11) is 1.64. The number of thiocarbonyl (C=S) groups is 1. The number of H-pyrrole nitrogens is 1. The third-order valence-corrected chi connectivity index (χ3v) is 6.12. The molecule has 6 nitrogen and oxygen atoms in total. The van der Waals surface area contributed by atoms with Crippen LogP contribution in [0.2, 0.25) is 0 Å². The average Bonchev–Trinajstić information content (AvgIpc) is 2.86. The molecule has 0 bridgehead atoms. The Morgan fingerprint density at radius 3 is 2.40 bits per heavy atom. The van der Waals surface area contributed by atoms with E-state index in [1.54, 1.807) is 7.11 Å². The number of hydrogen-bond acceptors (Lipinski definition) is 4. The highest BCUT2D eigenvalue weighted by Crippen LogP contribution is 2.20. The summed E-state index contributed by atoms with van der Waals surface area (Å²) in [6.07, 6.45) is 0. The summed E-state index contributed by atoms with van der Waals surface area (Å²) in [6.45, 7) is 5.44. The van der Waals surface area contributed by atoms with Gasteiger partial charge in [0.05, 0.1) is 25.8 Å². The van der Waals surface area contributed by atoms with Crippen LogP contribution >= 0.6 is 12.2 Å². The number of fused-ring (bicyclic) bond motifs is 1. The minimum absolute atomic E-state index is 0.115. The number of methoxy groups -OCH3 is 1. The Hall–Kier alpha value is -3.84. The minimum Gasteiger partial charge on any atom is -0.497 e. The quantitative estimate of drug-likeness (QED) is 0.314. The summed E-state index contributed by atoms with van der Waals surface area (Å²) in [6, 6.07) is 23.4. The number of aromatic amines is 1. The molecule has 0 aliphatic carbocycles. The third-order valence-electron chi connectivity index (χ3n) is 5.76. The van der Waals surface area contributed by atoms with E-state index < -0.39 is 0 Å². The Bertz CT molecular complexity index is 1370. The molecular weight excluding hydrogens is 458 g/mol. The fraction of sp³-hybridized carbons (Fsp3) is 0.214. The van der Waals surface area contributed by atoms with Crippen LogP contribution in [-0.2, 0) is 13.1 Å². The zero-order valence-electron chi connectivity index (χ0n) is 20.1. The van der Waals surface area contributed by atoms with Gasteiger partial charge in [0.1, 0.15) is 11.5 Å². The molecule has 7 heteroatoms. The number of nitrogens with zero attached hydrogens (tertiary/aromatic N) is 1. The molecule has 2 N–H and O–H groups in total. The topological polar surface area (TPSA) is 66.6 Å². The molecule has 0 atom stereocenters. The van der Waals surface area contributed by atoms with Crippen molar-refractivity contribution in [2.24, 2.45) is 0 Å². The van der Waals surface area contributed by atoms with E-state index in [0.717, 1.165) is 39.2 Å². The minimum atomic E-state index is -0.115. The lowest BCUT2D eigenvalue weighted by molar-refractivity contribution is 0.340. The van der Waals surface area contributed by atoms with Gasteiger partial charge >= 0.3 is 0 Å². The predicted octanol–water partition coefficient (Wildman–Crippen LogP) is 5.64. The van der Waals surface area contributed by atoms with Crippen molar-refractivity contribution in [2.75, 3.05) is 19.0 Å². The number of anilines is 1. The van der Waals surface area contributed by atoms with E-state index in [2.05, 4.69) is 10.3 Å². The van der Waals surface area contributed by atoms with Crippen molar-refractivity contribution in [1.82, 2.24) is 9.88 Å². The van der Waals surface area contributed by atoms with Crippen molar-refractivity contribution < 1.29 is 9.47 Å². The number of aromatic nitrogens is 1. The molecule has 0 aliphatic heterocycles. The number of hydrogen-bond donors (Lipinski definition) is 2. The molecule has 3 aromatic carbocycles. The smallest absolute Gasteiger partial charge is 0.253 e. The molecule has 1 heterocycles. The molecule has 180 valence electrons. The van der Waals surface area contributed by atoms with Crippen LogP contribution in [0.15, 0.2) is 77.6 Å². The monoisotopic (exact) mass is 487 g/mol. The lowest BCUT2D eigenvalue weighted by Gasteiger charge is -2.26. The summed E-state index contributed by atoms with van der Waals surface area (Å²) < 4.78 is 10.8. The summed E-state index contributed by atoms with van der Waals surface area (Å²) in [5.41, 5.74) is 4.32. The number of ether oxygens (including phenoxy) is 2. The molecule has 0 amide bonds. The number of pyridine rings is 1. The van der Waals surface area contributed by atoms with Crippen LogP contribution in [0.5, 0.6) is 11.5 Å². The number of benzene rings is 3. The van der Waals surface area contributed by atoms with Crippen LogP contribution in [0.4, 0.5) is 5.69 Å². The van der Waals surface area contributed by atoms with Crippen LogP contribution in [0.1, 0.15) is 23.6 Å². The molecule has 0 fully saturated rings. The predicted molar refractivity (Wildman–Crippen MR) is 145 cm³/mol. The van der Waals surface area contributed by atoms with Crippen LogP contribution < -0.4 is 20.3 Å². The Morgan fingerprint density at radius 2 is 1.71 bits per heavy atom. The van der Waals surface area contributed by atoms with Gasteiger partial charge in [0.25, 0.3) is 5.56 Å². The Morgan fingerprint density at radius 1 is 1.00 bits per heavy atom. The zero-order valence-corrected chi connectivity index (χ0v) is 20.9. The highest BCUT2D eigenvalue weighted by Gasteiger charge is 2.15. The van der Waals surface area contributed by atoms with Gasteiger partial charge < -0.3 is 24.7 Å². The molecule has 4 aromatic rings. The van der Waals surface area contributed by atoms with E-state index in [4.69, 9.17) is 21.7 Å². The van der Waals surface area contributed by atoms with Gasteiger partial charge in [-0.1, -0.05) is 30.3 Å². The second kappa shape index (κ2) is 11.1. The lowest BCUT2D eigenvalue weighted by Crippen LogP contribution is -2.35. The number of para-hydroxylation sites is 1. The summed E-state index contributed by atoms with van der Waals surface area (Å²) in [4.78, 5) is 18.0. The molecule has 0 radical (unpaired) electrons. The lowest BCUT2D eigenvalue weighted by atomic mass is 10.1. The van der Waals surface area contributed by atoms with Crippen molar-refractivity contribution in [3.63, 3.8) is 0 Å². The van der Waals surface area contributed by atoms with Crippen LogP contribution in [0.3, 0.4) is 0 Å². The van der Waals surface area contributed by atoms with Crippen LogP contribution in [-0.4, -0.2) is 28.7 Å². The van der Waals surface area contributed by atoms with Crippen molar-refractivity contribution in [1.29, 1.82) is 0 Å². The number of rotatable bonds is 8. The van der Waals surface area contributed by atoms with Crippen LogP contribution in [0, 0.1) is 6.92 Å². The van der Waals surface area contributed by atoms with Gasteiger partial charge in [0, 0.05) is 17.8 Å². The molecule has 0 aliphatic rings. The molecule has 1 aromatic heterocycles. The summed E-state index contributed by atoms with van der Waals surface area (Å²) in [5.74, 6) is 1.59. The van der Waals surface area contributed by atoms with Crippen LogP contribution in [0.25, 0.3) is 10.9 Å². The first kappa shape index (κ1) is 24.3. The zero-order chi connectivity index (χ0) is 24.8. The summed E-state index contributed by atoms with van der Waals surface area (Å²) >= 11 is 5.80. The Balaban J connectivity index is 1.61. The SMILES string of the molecule is CCOc1ccc(NC(=S)N(Cc2ccc(OC)cc2)Cc2cc3cccc(C)c3[nH]c2=O)cc1. The van der Waals surface area contributed by atoms with E-state index in [-0.39, 0.29) is 5.56 Å². The number of nitrogens with one attached hydrogen (secondary N) is 2. The molecule has 4 rings (SSSR count). The van der Waals surface area contributed by atoms with Crippen molar-refractivity contribution >= 4 is 33.9 Å². The second-order valence-corrected chi connectivity index (χ2v) is 8.64. The highest BCUT2D eigenvalue weighted by molar-refractivity contribution is 7.80. The highest BCUT2D eigenvalue weighted by atomic mass is 32.1. The van der Waals surface area contributed by atoms with Gasteiger partial charge in [-0.3, -0.25) is 4.79 Å². The molecule has 0 spiro atoms. The van der Waals surface area contributed by atoms with E-state index in [0.29, 0.717) is 30.4 Å². The fourth-order valence-electron chi connectivity index (χ4n) is 3.91. The maximum Gasteiger partial charge on any atom is 0.253 e. The normalized spacial score (nSPS) is 10.7. The van der Waals surface area contributed by atoms with Gasteiger partial charge in [0.2, 0.25) is 0 Å². The van der Waals surface area contributed by atoms with E-state index in [9.17, 15) is 4.79 Å². The maximum atomic E-state index is 13.0. The van der Waals surface area contributed by atoms with E-state index in [1.165, 1.54) is 0 Å². The average molecular weight is 488 g/mol. The summed E-state index contributed by atoms with van der Waals surface area (Å²) in [5, 5.41) is 4.82. The molecule has 0 saturated heterocycles. The molecule has 0 saturated carbocycles. The third kappa shape index (κ3) is 6.00. The fourth-order valence-corrected chi connectivity index (χ4v) is 4.15. The molecule has 35 heavy (non-hydrogen) atoms. The standard InChI is InChI=1S/C28H29N3O3S/c1-4-34-25-14-10-23(11-15-25)29-28(35)31(17-20-8-12-24(33-3)13-9-20)18-22-16-21-7-5-6-19(2)26(21)30-27(22)32/h5-16H,4,17-18H2,1-3H3,(H,29,35)(H,30,32). The van der Waals surface area contributed by atoms with Crippen molar-refractivity contribution in [2.45, 2.75) is 26.9 Å². The molecule has 0 unspecified atom stereocenters. The largest absolute Gasteiger partial charge is 0.497 e. The molecular formula is C28H29N3O3S. The Kier molecular flexibility index (Phi) is 7.67. The first-order chi connectivity index (χ1) is 17.0. The first-order valence-corrected chi connectivity index (χ1v) is 11.9. The van der Waals surface area contributed by atoms with E-state index in [1.807, 2.05) is 91.5 Å². The van der Waals surface area contributed by atoms with Gasteiger partial charge in [-0.2, -0.15) is 0 Å². The second-order valence-electron chi connectivity index (χ2n) is 8.25. The van der Waals surface area contributed by atoms with Gasteiger partial charge in [-0.25, -0.2) is 0 Å². The van der Waals surface area contributed by atoms with Gasteiger partial charge in [-0.05, 0) is 85.0 Å². The van der Waals surface area contributed by atoms with Gasteiger partial charge in [-0.15, -0.1) is 0 Å². The van der Waals surface area contributed by atoms with Gasteiger partial charge in [0.15, 0.2) is 5.11 Å². The van der Waals surface area contributed by atoms with E-state index >= 15 is 0 Å². The Labute approximate surface area is 210 Å². The van der Waals surface area contributed by atoms with Crippen molar-refractivity contribution in [3.05, 3.63) is 99.8 Å². The number of aryl methyl sites for hydroxylation is 1. The first-order valence-electron chi connectivity index (χ1n) is 11.5.